The normalized spacial score (nSPS) is 22.6. The van der Waals surface area contributed by atoms with Crippen molar-refractivity contribution in [1.82, 2.24) is 20.1 Å². The van der Waals surface area contributed by atoms with Crippen molar-refractivity contribution in [3.63, 3.8) is 0 Å². The molecule has 0 spiro atoms. The summed E-state index contributed by atoms with van der Waals surface area (Å²) in [6, 6.07) is 5.61. The first-order valence-corrected chi connectivity index (χ1v) is 8.98. The van der Waals surface area contributed by atoms with Crippen molar-refractivity contribution in [1.29, 1.82) is 0 Å². The van der Waals surface area contributed by atoms with Crippen molar-refractivity contribution < 1.29 is 0 Å². The van der Waals surface area contributed by atoms with Gasteiger partial charge in [-0.2, -0.15) is 0 Å². The second-order valence-electron chi connectivity index (χ2n) is 7.19. The van der Waals surface area contributed by atoms with Crippen LogP contribution in [0.2, 0.25) is 0 Å². The van der Waals surface area contributed by atoms with Crippen LogP contribution in [-0.4, -0.2) is 73.2 Å². The van der Waals surface area contributed by atoms with Gasteiger partial charge in [0.1, 0.15) is 5.82 Å². The van der Waals surface area contributed by atoms with E-state index in [1.54, 1.807) is 0 Å². The zero-order valence-corrected chi connectivity index (χ0v) is 16.1. The molecule has 3 heterocycles. The first-order valence-electron chi connectivity index (χ1n) is 8.98. The molecule has 6 heteroatoms. The predicted molar refractivity (Wildman–Crippen MR) is 103 cm³/mol. The second kappa shape index (κ2) is 8.99. The lowest BCUT2D eigenvalue weighted by molar-refractivity contribution is 0.170. The summed E-state index contributed by atoms with van der Waals surface area (Å²) in [4.78, 5) is 12.1. The Hall–Kier alpha value is -0.880. The first kappa shape index (κ1) is 19.4. The highest BCUT2D eigenvalue weighted by atomic mass is 35.5. The lowest BCUT2D eigenvalue weighted by atomic mass is 10.2. The Kier molecular flexibility index (Phi) is 7.29. The van der Waals surface area contributed by atoms with Gasteiger partial charge < -0.3 is 10.2 Å². The number of hydrogen-bond donors (Lipinski definition) is 1. The van der Waals surface area contributed by atoms with E-state index in [4.69, 9.17) is 0 Å². The van der Waals surface area contributed by atoms with E-state index in [9.17, 15) is 0 Å². The highest BCUT2D eigenvalue weighted by molar-refractivity contribution is 5.85. The number of rotatable bonds is 5. The van der Waals surface area contributed by atoms with E-state index >= 15 is 0 Å². The molecule has 1 N–H and O–H groups in total. The Bertz CT molecular complexity index is 487. The van der Waals surface area contributed by atoms with Crippen molar-refractivity contribution in [2.24, 2.45) is 0 Å². The van der Waals surface area contributed by atoms with Crippen LogP contribution in [0.5, 0.6) is 0 Å². The minimum absolute atomic E-state index is 0. The SMILES string of the molecule is CC(C)N(C)c1ccc(CN2CCC(N3CCNCC3)C2)cn1.Cl. The number of anilines is 1. The molecule has 0 bridgehead atoms. The van der Waals surface area contributed by atoms with Gasteiger partial charge >= 0.3 is 0 Å². The summed E-state index contributed by atoms with van der Waals surface area (Å²) in [6.45, 7) is 12.5. The third-order valence-electron chi connectivity index (χ3n) is 5.27. The largest absolute Gasteiger partial charge is 0.357 e. The van der Waals surface area contributed by atoms with Gasteiger partial charge in [-0.05, 0) is 31.9 Å². The van der Waals surface area contributed by atoms with Crippen molar-refractivity contribution in [3.05, 3.63) is 23.9 Å². The van der Waals surface area contributed by atoms with Gasteiger partial charge in [-0.1, -0.05) is 6.07 Å². The van der Waals surface area contributed by atoms with E-state index in [0.717, 1.165) is 31.5 Å². The Labute approximate surface area is 152 Å². The topological polar surface area (TPSA) is 34.6 Å². The number of nitrogens with one attached hydrogen (secondary N) is 1. The van der Waals surface area contributed by atoms with Crippen LogP contribution in [0.4, 0.5) is 5.82 Å². The van der Waals surface area contributed by atoms with Gasteiger partial charge in [-0.15, -0.1) is 12.4 Å². The van der Waals surface area contributed by atoms with E-state index in [-0.39, 0.29) is 12.4 Å². The molecule has 0 radical (unpaired) electrons. The maximum absolute atomic E-state index is 4.63. The molecule has 1 unspecified atom stereocenters. The van der Waals surface area contributed by atoms with Crippen LogP contribution < -0.4 is 10.2 Å². The maximum Gasteiger partial charge on any atom is 0.128 e. The Morgan fingerprint density at radius 1 is 1.25 bits per heavy atom. The molecule has 2 aliphatic heterocycles. The van der Waals surface area contributed by atoms with E-state index in [1.165, 1.54) is 38.2 Å². The van der Waals surface area contributed by atoms with Crippen LogP contribution >= 0.6 is 12.4 Å². The summed E-state index contributed by atoms with van der Waals surface area (Å²) < 4.78 is 0. The molecule has 0 amide bonds. The predicted octanol–water partition coefficient (Wildman–Crippen LogP) is 1.83. The highest BCUT2D eigenvalue weighted by Crippen LogP contribution is 2.19. The van der Waals surface area contributed by atoms with Crippen LogP contribution in [0.3, 0.4) is 0 Å². The van der Waals surface area contributed by atoms with Crippen LogP contribution in [0, 0.1) is 0 Å². The quantitative estimate of drug-likeness (QED) is 0.873. The van der Waals surface area contributed by atoms with Crippen LogP contribution in [0.1, 0.15) is 25.8 Å². The molecule has 3 rings (SSSR count). The zero-order chi connectivity index (χ0) is 16.2. The molecule has 0 aliphatic carbocycles. The van der Waals surface area contributed by atoms with Crippen molar-refractivity contribution in [2.75, 3.05) is 51.2 Å². The molecule has 0 aromatic carbocycles. The van der Waals surface area contributed by atoms with Gasteiger partial charge in [0.25, 0.3) is 0 Å². The van der Waals surface area contributed by atoms with E-state index in [0.29, 0.717) is 6.04 Å². The van der Waals surface area contributed by atoms with Crippen molar-refractivity contribution >= 4 is 18.2 Å². The van der Waals surface area contributed by atoms with Gasteiger partial charge in [0.2, 0.25) is 0 Å². The Morgan fingerprint density at radius 2 is 2.00 bits per heavy atom. The number of pyridine rings is 1. The molecule has 1 aromatic heterocycles. The third-order valence-corrected chi connectivity index (χ3v) is 5.27. The minimum atomic E-state index is 0. The van der Waals surface area contributed by atoms with Crippen LogP contribution in [0.25, 0.3) is 0 Å². The number of halogens is 1. The number of likely N-dealkylation sites (tertiary alicyclic amines) is 1. The lowest BCUT2D eigenvalue weighted by Crippen LogP contribution is -2.49. The molecule has 2 aliphatic rings. The molecular weight excluding hydrogens is 322 g/mol. The highest BCUT2D eigenvalue weighted by Gasteiger charge is 2.28. The number of nitrogens with zero attached hydrogens (tertiary/aromatic N) is 4. The minimum Gasteiger partial charge on any atom is -0.357 e. The van der Waals surface area contributed by atoms with E-state index in [2.05, 4.69) is 58.0 Å². The van der Waals surface area contributed by atoms with E-state index in [1.807, 2.05) is 6.20 Å². The maximum atomic E-state index is 4.63. The lowest BCUT2D eigenvalue weighted by Gasteiger charge is -2.32. The fourth-order valence-electron chi connectivity index (χ4n) is 3.54. The van der Waals surface area contributed by atoms with Gasteiger partial charge in [0.05, 0.1) is 0 Å². The van der Waals surface area contributed by atoms with Crippen molar-refractivity contribution in [3.8, 4) is 0 Å². The number of hydrogen-bond acceptors (Lipinski definition) is 5. The molecule has 1 atom stereocenters. The molecule has 136 valence electrons. The van der Waals surface area contributed by atoms with Gasteiger partial charge in [0, 0.05) is 71.1 Å². The standard InChI is InChI=1S/C18H31N5.ClH/c1-15(2)21(3)18-5-4-16(12-20-18)13-22-9-6-17(14-22)23-10-7-19-8-11-23;/h4-5,12,15,17,19H,6-11,13-14H2,1-3H3;1H. The van der Waals surface area contributed by atoms with Gasteiger partial charge in [-0.3, -0.25) is 9.80 Å². The Morgan fingerprint density at radius 3 is 2.62 bits per heavy atom. The average molecular weight is 354 g/mol. The molecule has 24 heavy (non-hydrogen) atoms. The number of aromatic nitrogens is 1. The molecule has 1 aromatic rings. The summed E-state index contributed by atoms with van der Waals surface area (Å²) in [5.41, 5.74) is 1.33. The smallest absolute Gasteiger partial charge is 0.128 e. The van der Waals surface area contributed by atoms with E-state index < -0.39 is 0 Å². The first-order chi connectivity index (χ1) is 11.1. The summed E-state index contributed by atoms with van der Waals surface area (Å²) in [5.74, 6) is 1.06. The summed E-state index contributed by atoms with van der Waals surface area (Å²) in [7, 11) is 2.10. The van der Waals surface area contributed by atoms with Gasteiger partial charge in [-0.25, -0.2) is 4.98 Å². The third kappa shape index (κ3) is 4.82. The molecule has 0 saturated carbocycles. The molecule has 2 fully saturated rings. The molecule has 2 saturated heterocycles. The number of piperazine rings is 1. The summed E-state index contributed by atoms with van der Waals surface area (Å²) >= 11 is 0. The van der Waals surface area contributed by atoms with Crippen LogP contribution in [-0.2, 0) is 6.54 Å². The summed E-state index contributed by atoms with van der Waals surface area (Å²) in [5, 5.41) is 3.44. The Balaban J connectivity index is 0.00000208. The fraction of sp³-hybridized carbons (Fsp3) is 0.722. The second-order valence-corrected chi connectivity index (χ2v) is 7.19. The average Bonchev–Trinajstić information content (AvgIpc) is 3.04. The summed E-state index contributed by atoms with van der Waals surface area (Å²) in [6.07, 6.45) is 3.36. The zero-order valence-electron chi connectivity index (χ0n) is 15.2. The van der Waals surface area contributed by atoms with Crippen molar-refractivity contribution in [2.45, 2.75) is 38.9 Å². The monoisotopic (exact) mass is 353 g/mol. The molecular formula is C18H32ClN5. The van der Waals surface area contributed by atoms with Gasteiger partial charge in [0.15, 0.2) is 0 Å². The fourth-order valence-corrected chi connectivity index (χ4v) is 3.54. The molecule has 5 nitrogen and oxygen atoms in total. The van der Waals surface area contributed by atoms with Crippen LogP contribution in [0.15, 0.2) is 18.3 Å².